The lowest BCUT2D eigenvalue weighted by atomic mass is 9.90. The minimum atomic E-state index is -0.192. The van der Waals surface area contributed by atoms with Gasteiger partial charge in [0.2, 0.25) is 5.91 Å². The Hall–Kier alpha value is -3.49. The highest BCUT2D eigenvalue weighted by atomic mass is 16.3. The van der Waals surface area contributed by atoms with Crippen LogP contribution in [0.25, 0.3) is 6.08 Å². The maximum Gasteiger partial charge on any atom is 0.287 e. The van der Waals surface area contributed by atoms with Crippen molar-refractivity contribution in [3.8, 4) is 0 Å². The molecule has 3 aliphatic rings. The maximum absolute atomic E-state index is 13.1. The molecule has 2 saturated heterocycles. The Kier molecular flexibility index (Phi) is 6.40. The van der Waals surface area contributed by atoms with Gasteiger partial charge in [-0.1, -0.05) is 0 Å². The number of piperidine rings is 1. The number of carbonyl (C=O) groups excluding carboxylic acids is 2. The van der Waals surface area contributed by atoms with Crippen LogP contribution in [-0.4, -0.2) is 66.4 Å². The fraction of sp³-hybridized carbons (Fsp3) is 0.500. The van der Waals surface area contributed by atoms with Gasteiger partial charge in [-0.3, -0.25) is 14.6 Å². The molecular formula is C26H32N6O3. The molecule has 1 spiro atoms. The predicted octanol–water partition coefficient (Wildman–Crippen LogP) is 2.93. The summed E-state index contributed by atoms with van der Waals surface area (Å²) in [5, 5.41) is 11.2. The van der Waals surface area contributed by atoms with E-state index in [9.17, 15) is 9.59 Å². The first-order valence-electron chi connectivity index (χ1n) is 12.3. The first-order chi connectivity index (χ1) is 17.0. The van der Waals surface area contributed by atoms with E-state index < -0.39 is 0 Å². The summed E-state index contributed by atoms with van der Waals surface area (Å²) >= 11 is 0. The molecule has 1 N–H and O–H groups in total. The van der Waals surface area contributed by atoms with Gasteiger partial charge in [0.25, 0.3) is 5.91 Å². The van der Waals surface area contributed by atoms with Crippen molar-refractivity contribution in [2.75, 3.05) is 37.6 Å². The van der Waals surface area contributed by atoms with Gasteiger partial charge in [-0.15, -0.1) is 5.10 Å². The molecule has 0 aromatic carbocycles. The second-order valence-electron chi connectivity index (χ2n) is 9.93. The fourth-order valence-electron chi connectivity index (χ4n) is 5.61. The minimum absolute atomic E-state index is 0.0269. The molecule has 184 valence electrons. The van der Waals surface area contributed by atoms with Crippen molar-refractivity contribution in [2.24, 2.45) is 22.2 Å². The quantitative estimate of drug-likeness (QED) is 0.616. The topological polar surface area (TPSA) is 104 Å². The highest BCUT2D eigenvalue weighted by Gasteiger charge is 2.55. The molecule has 1 aliphatic carbocycles. The number of aromatic nitrogens is 2. The van der Waals surface area contributed by atoms with Gasteiger partial charge in [0, 0.05) is 50.7 Å². The molecule has 2 aromatic rings. The van der Waals surface area contributed by atoms with Crippen molar-refractivity contribution in [2.45, 2.75) is 32.6 Å². The number of likely N-dealkylation sites (tertiary alicyclic amines) is 1. The van der Waals surface area contributed by atoms with E-state index >= 15 is 0 Å². The maximum atomic E-state index is 13.1. The zero-order chi connectivity index (χ0) is 24.4. The van der Waals surface area contributed by atoms with Gasteiger partial charge in [-0.2, -0.15) is 5.10 Å². The molecule has 1 saturated carbocycles. The standard InChI is InChI=1S/C26H32N6O3/c1-18-19(5-10-27-2)14-22(35-18)24(33)28-16-21-15-26(21)7-12-31(13-8-26)25(34)20-6-11-32(17-20)23-4-3-9-29-30-23/h3-5,9-10,14,20-21H,2,6-8,11-13,15-17H2,1H3,(H,28,33)/b10-5-. The largest absolute Gasteiger partial charge is 0.456 e. The molecule has 35 heavy (non-hydrogen) atoms. The van der Waals surface area contributed by atoms with Crippen LogP contribution in [0.2, 0.25) is 0 Å². The molecule has 0 bridgehead atoms. The summed E-state index contributed by atoms with van der Waals surface area (Å²) in [5.41, 5.74) is 1.08. The monoisotopic (exact) mass is 476 g/mol. The second-order valence-corrected chi connectivity index (χ2v) is 9.93. The Bertz CT molecular complexity index is 1120. The third-order valence-electron chi connectivity index (χ3n) is 7.90. The lowest BCUT2D eigenvalue weighted by molar-refractivity contribution is -0.136. The Labute approximate surface area is 205 Å². The van der Waals surface area contributed by atoms with E-state index in [1.165, 1.54) is 0 Å². The zero-order valence-corrected chi connectivity index (χ0v) is 20.2. The van der Waals surface area contributed by atoms with Crippen molar-refractivity contribution in [3.05, 3.63) is 47.7 Å². The van der Waals surface area contributed by atoms with Crippen molar-refractivity contribution in [3.63, 3.8) is 0 Å². The van der Waals surface area contributed by atoms with Gasteiger partial charge in [-0.05, 0) is 74.9 Å². The highest BCUT2D eigenvalue weighted by molar-refractivity contribution is 5.92. The minimum Gasteiger partial charge on any atom is -0.456 e. The Morgan fingerprint density at radius 1 is 1.34 bits per heavy atom. The average Bonchev–Trinajstić information content (AvgIpc) is 3.20. The van der Waals surface area contributed by atoms with Crippen LogP contribution in [0.5, 0.6) is 0 Å². The van der Waals surface area contributed by atoms with Crippen LogP contribution < -0.4 is 10.2 Å². The smallest absolute Gasteiger partial charge is 0.287 e. The van der Waals surface area contributed by atoms with Gasteiger partial charge in [-0.25, -0.2) is 0 Å². The lowest BCUT2D eigenvalue weighted by Gasteiger charge is -2.34. The number of nitrogens with zero attached hydrogens (tertiary/aromatic N) is 5. The molecule has 4 heterocycles. The summed E-state index contributed by atoms with van der Waals surface area (Å²) in [4.78, 5) is 33.6. The van der Waals surface area contributed by atoms with E-state index in [0.717, 1.165) is 56.7 Å². The van der Waals surface area contributed by atoms with Crippen molar-refractivity contribution in [1.82, 2.24) is 20.4 Å². The van der Waals surface area contributed by atoms with Crippen molar-refractivity contribution >= 4 is 30.4 Å². The van der Waals surface area contributed by atoms with Gasteiger partial charge in [0.05, 0.1) is 5.92 Å². The molecule has 2 aromatic heterocycles. The number of hydrogen-bond donors (Lipinski definition) is 1. The number of aliphatic imine (C=N–C) groups is 1. The summed E-state index contributed by atoms with van der Waals surface area (Å²) in [6.07, 6.45) is 8.98. The van der Waals surface area contributed by atoms with Gasteiger partial charge in [0.1, 0.15) is 5.76 Å². The summed E-state index contributed by atoms with van der Waals surface area (Å²) in [7, 11) is 0. The van der Waals surface area contributed by atoms with E-state index in [0.29, 0.717) is 30.5 Å². The molecule has 2 unspecified atom stereocenters. The molecule has 5 rings (SSSR count). The SMILES string of the molecule is C=N/C=C\c1cc(C(=O)NCC2CC23CCN(C(=O)C2CCN(c4cccnn4)C2)CC3)oc1C. The van der Waals surface area contributed by atoms with Crippen LogP contribution in [0, 0.1) is 24.2 Å². The number of hydrogen-bond acceptors (Lipinski definition) is 7. The first kappa shape index (κ1) is 23.3. The van der Waals surface area contributed by atoms with E-state index in [4.69, 9.17) is 4.42 Å². The number of aryl methyl sites for hydroxylation is 1. The van der Waals surface area contributed by atoms with E-state index in [-0.39, 0.29) is 23.1 Å². The van der Waals surface area contributed by atoms with Gasteiger partial charge >= 0.3 is 0 Å². The lowest BCUT2D eigenvalue weighted by Crippen LogP contribution is -2.43. The molecule has 2 atom stereocenters. The summed E-state index contributed by atoms with van der Waals surface area (Å²) in [6.45, 7) is 9.03. The van der Waals surface area contributed by atoms with Crippen LogP contribution in [0.15, 0.2) is 40.0 Å². The normalized spacial score (nSPS) is 23.1. The van der Waals surface area contributed by atoms with Crippen LogP contribution >= 0.6 is 0 Å². The number of anilines is 1. The molecule has 2 amide bonds. The number of nitrogens with one attached hydrogen (secondary N) is 1. The number of carbonyl (C=O) groups is 2. The zero-order valence-electron chi connectivity index (χ0n) is 20.2. The summed E-state index contributed by atoms with van der Waals surface area (Å²) < 4.78 is 5.61. The van der Waals surface area contributed by atoms with E-state index in [2.05, 4.69) is 32.1 Å². The van der Waals surface area contributed by atoms with Crippen molar-refractivity contribution in [1.29, 1.82) is 0 Å². The first-order valence-corrected chi connectivity index (χ1v) is 12.3. The van der Waals surface area contributed by atoms with Crippen LogP contribution in [0.1, 0.15) is 47.6 Å². The molecule has 9 nitrogen and oxygen atoms in total. The third kappa shape index (κ3) is 4.85. The summed E-state index contributed by atoms with van der Waals surface area (Å²) in [6, 6.07) is 5.55. The van der Waals surface area contributed by atoms with E-state index in [1.54, 1.807) is 24.5 Å². The number of rotatable bonds is 7. The second kappa shape index (κ2) is 9.64. The molecule has 2 aliphatic heterocycles. The fourth-order valence-corrected chi connectivity index (χ4v) is 5.61. The Morgan fingerprint density at radius 2 is 2.17 bits per heavy atom. The predicted molar refractivity (Wildman–Crippen MR) is 133 cm³/mol. The average molecular weight is 477 g/mol. The molecule has 0 radical (unpaired) electrons. The molecule has 9 heteroatoms. The molecule has 3 fully saturated rings. The molecular weight excluding hydrogens is 444 g/mol. The number of furan rings is 1. The Morgan fingerprint density at radius 3 is 2.91 bits per heavy atom. The van der Waals surface area contributed by atoms with Crippen molar-refractivity contribution < 1.29 is 14.0 Å². The third-order valence-corrected chi connectivity index (χ3v) is 7.90. The Balaban J connectivity index is 1.07. The van der Waals surface area contributed by atoms with Crippen LogP contribution in [-0.2, 0) is 4.79 Å². The highest BCUT2D eigenvalue weighted by Crippen LogP contribution is 2.59. The van der Waals surface area contributed by atoms with E-state index in [1.807, 2.05) is 24.0 Å². The van der Waals surface area contributed by atoms with Crippen LogP contribution in [0.4, 0.5) is 5.82 Å². The summed E-state index contributed by atoms with van der Waals surface area (Å²) in [5.74, 6) is 2.39. The van der Waals surface area contributed by atoms with Crippen LogP contribution in [0.3, 0.4) is 0 Å². The number of amides is 2. The van der Waals surface area contributed by atoms with Gasteiger partial charge in [0.15, 0.2) is 11.6 Å². The van der Waals surface area contributed by atoms with Gasteiger partial charge < -0.3 is 19.5 Å².